The second-order valence-electron chi connectivity index (χ2n) is 11.5. The Kier molecular flexibility index (Phi) is 6.02. The summed E-state index contributed by atoms with van der Waals surface area (Å²) in [5.74, 6) is -0.918. The van der Waals surface area contributed by atoms with Gasteiger partial charge in [-0.15, -0.1) is 0 Å². The van der Waals surface area contributed by atoms with Gasteiger partial charge in [0.25, 0.3) is 0 Å². The molecule has 0 fully saturated rings. The number of rotatable bonds is 5. The van der Waals surface area contributed by atoms with E-state index in [0.29, 0.717) is 0 Å². The first kappa shape index (κ1) is 24.3. The molecule has 1 aliphatic heterocycles. The van der Waals surface area contributed by atoms with E-state index in [1.165, 1.54) is 16.8 Å². The third-order valence-corrected chi connectivity index (χ3v) is 8.06. The van der Waals surface area contributed by atoms with Crippen LogP contribution in [-0.4, -0.2) is 23.3 Å². The monoisotopic (exact) mass is 480 g/mol. The van der Waals surface area contributed by atoms with Gasteiger partial charge in [-0.05, 0) is 77.6 Å². The fourth-order valence-corrected chi connectivity index (χ4v) is 5.66. The van der Waals surface area contributed by atoms with Crippen molar-refractivity contribution in [3.05, 3.63) is 88.5 Å². The predicted octanol–water partition coefficient (Wildman–Crippen LogP) is 8.15. The molecule has 0 unspecified atom stereocenters. The van der Waals surface area contributed by atoms with Gasteiger partial charge >= 0.3 is 5.97 Å². The van der Waals surface area contributed by atoms with Crippen LogP contribution in [0.25, 0.3) is 0 Å². The second kappa shape index (κ2) is 8.92. The number of carbonyl (C=O) groups is 1. The van der Waals surface area contributed by atoms with E-state index < -0.39 is 5.97 Å². The van der Waals surface area contributed by atoms with Gasteiger partial charge < -0.3 is 10.0 Å². The number of unbranched alkanes of at least 4 members (excludes halogenated alkanes) is 1. The first-order valence-corrected chi connectivity index (χ1v) is 13.1. The number of hydrogen-bond donors (Lipinski definition) is 1. The van der Waals surface area contributed by atoms with Gasteiger partial charge in [-0.3, -0.25) is 0 Å². The molecule has 3 aromatic rings. The molecule has 4 heteroatoms. The summed E-state index contributed by atoms with van der Waals surface area (Å²) in [6, 6.07) is 20.3. The summed E-state index contributed by atoms with van der Waals surface area (Å²) in [5, 5.41) is 9.44. The lowest BCUT2D eigenvalue weighted by Crippen LogP contribution is -2.35. The van der Waals surface area contributed by atoms with Crippen molar-refractivity contribution in [2.45, 2.75) is 71.1 Å². The number of para-hydroxylation sites is 2. The van der Waals surface area contributed by atoms with Crippen molar-refractivity contribution in [3.8, 4) is 0 Å². The first-order chi connectivity index (χ1) is 17.1. The fraction of sp³-hybridized carbons (Fsp3) is 0.375. The van der Waals surface area contributed by atoms with E-state index in [0.717, 1.165) is 60.4 Å². The van der Waals surface area contributed by atoms with Crippen molar-refractivity contribution in [2.24, 2.45) is 4.99 Å². The molecule has 0 aromatic heterocycles. The standard InChI is InChI=1S/C32H36N2O2/c1-6-7-18-34-27-11-9-8-10-26(27)33-29(21-12-14-22(15-13-21)30(35)36)23-19-24-25(20-28(23)34)32(4,5)17-16-31(24,2)3/h8-15,19-20H,6-7,16-18H2,1-5H3,(H,35,36). The molecule has 2 aliphatic rings. The largest absolute Gasteiger partial charge is 0.478 e. The second-order valence-corrected chi connectivity index (χ2v) is 11.5. The van der Waals surface area contributed by atoms with Gasteiger partial charge in [-0.25, -0.2) is 9.79 Å². The number of aliphatic imine (C=N–C) groups is 1. The SMILES string of the molecule is CCCCN1c2ccccc2N=C(c2ccc(C(=O)O)cc2)c2cc3c(cc21)C(C)(C)CCC3(C)C. The summed E-state index contributed by atoms with van der Waals surface area (Å²) in [7, 11) is 0. The van der Waals surface area contributed by atoms with Crippen LogP contribution in [0.4, 0.5) is 17.1 Å². The predicted molar refractivity (Wildman–Crippen MR) is 149 cm³/mol. The highest BCUT2D eigenvalue weighted by atomic mass is 16.4. The number of fused-ring (bicyclic) bond motifs is 3. The highest BCUT2D eigenvalue weighted by Gasteiger charge is 2.39. The molecule has 5 rings (SSSR count). The minimum atomic E-state index is -0.918. The zero-order valence-electron chi connectivity index (χ0n) is 22.1. The fourth-order valence-electron chi connectivity index (χ4n) is 5.66. The van der Waals surface area contributed by atoms with E-state index in [2.05, 4.69) is 69.9 Å². The molecule has 3 aromatic carbocycles. The van der Waals surface area contributed by atoms with E-state index in [9.17, 15) is 9.90 Å². The molecule has 0 radical (unpaired) electrons. The van der Waals surface area contributed by atoms with Gasteiger partial charge in [0, 0.05) is 17.7 Å². The van der Waals surface area contributed by atoms with Crippen LogP contribution in [0, 0.1) is 0 Å². The molecule has 0 spiro atoms. The zero-order valence-corrected chi connectivity index (χ0v) is 22.1. The number of anilines is 2. The van der Waals surface area contributed by atoms with Crippen LogP contribution < -0.4 is 4.90 Å². The summed E-state index contributed by atoms with van der Waals surface area (Å²) in [5.41, 5.74) is 9.49. The molecule has 0 saturated heterocycles. The van der Waals surface area contributed by atoms with Gasteiger partial charge in [0.05, 0.1) is 28.3 Å². The topological polar surface area (TPSA) is 52.9 Å². The van der Waals surface area contributed by atoms with Crippen molar-refractivity contribution in [1.29, 1.82) is 0 Å². The van der Waals surface area contributed by atoms with Gasteiger partial charge in [0.1, 0.15) is 0 Å². The van der Waals surface area contributed by atoms with Crippen LogP contribution in [-0.2, 0) is 10.8 Å². The van der Waals surface area contributed by atoms with Gasteiger partial charge in [-0.1, -0.05) is 65.3 Å². The number of carboxylic acids is 1. The summed E-state index contributed by atoms with van der Waals surface area (Å²) in [6.07, 6.45) is 4.50. The van der Waals surface area contributed by atoms with E-state index in [4.69, 9.17) is 4.99 Å². The zero-order chi connectivity index (χ0) is 25.7. The Morgan fingerprint density at radius 3 is 2.19 bits per heavy atom. The summed E-state index contributed by atoms with van der Waals surface area (Å²) >= 11 is 0. The third kappa shape index (κ3) is 4.13. The molecule has 1 heterocycles. The highest BCUT2D eigenvalue weighted by molar-refractivity contribution is 6.19. The molecule has 4 nitrogen and oxygen atoms in total. The minimum absolute atomic E-state index is 0.0750. The van der Waals surface area contributed by atoms with Crippen molar-refractivity contribution in [1.82, 2.24) is 0 Å². The lowest BCUT2D eigenvalue weighted by molar-refractivity contribution is 0.0697. The van der Waals surface area contributed by atoms with Crippen LogP contribution in [0.15, 0.2) is 65.7 Å². The van der Waals surface area contributed by atoms with E-state index in [-0.39, 0.29) is 16.4 Å². The van der Waals surface area contributed by atoms with Crippen molar-refractivity contribution >= 4 is 28.7 Å². The van der Waals surface area contributed by atoms with Crippen LogP contribution in [0.1, 0.15) is 92.9 Å². The molecular formula is C32H36N2O2. The molecule has 1 aliphatic carbocycles. The number of carboxylic acid groups (broad SMARTS) is 1. The Bertz CT molecular complexity index is 1350. The van der Waals surface area contributed by atoms with Crippen molar-refractivity contribution < 1.29 is 9.90 Å². The first-order valence-electron chi connectivity index (χ1n) is 13.1. The number of nitrogens with zero attached hydrogens (tertiary/aromatic N) is 2. The van der Waals surface area contributed by atoms with Crippen LogP contribution in [0.5, 0.6) is 0 Å². The summed E-state index contributed by atoms with van der Waals surface area (Å²) in [4.78, 5) is 19.2. The molecule has 36 heavy (non-hydrogen) atoms. The van der Waals surface area contributed by atoms with E-state index >= 15 is 0 Å². The molecule has 1 N–H and O–H groups in total. The van der Waals surface area contributed by atoms with Crippen LogP contribution in [0.3, 0.4) is 0 Å². The van der Waals surface area contributed by atoms with E-state index in [1.807, 2.05) is 18.2 Å². The summed E-state index contributed by atoms with van der Waals surface area (Å²) in [6.45, 7) is 12.6. The Morgan fingerprint density at radius 2 is 1.56 bits per heavy atom. The van der Waals surface area contributed by atoms with Gasteiger partial charge in [-0.2, -0.15) is 0 Å². The number of benzene rings is 3. The van der Waals surface area contributed by atoms with Gasteiger partial charge in [0.15, 0.2) is 0 Å². The Hall–Kier alpha value is -3.40. The quantitative estimate of drug-likeness (QED) is 0.401. The van der Waals surface area contributed by atoms with Crippen LogP contribution in [0.2, 0.25) is 0 Å². The smallest absolute Gasteiger partial charge is 0.335 e. The lowest BCUT2D eigenvalue weighted by atomic mass is 9.62. The maximum atomic E-state index is 11.5. The maximum Gasteiger partial charge on any atom is 0.335 e. The maximum absolute atomic E-state index is 11.5. The normalized spacial score (nSPS) is 17.4. The molecular weight excluding hydrogens is 444 g/mol. The number of hydrogen-bond acceptors (Lipinski definition) is 3. The highest BCUT2D eigenvalue weighted by Crippen LogP contribution is 2.50. The molecule has 0 atom stereocenters. The molecule has 186 valence electrons. The third-order valence-electron chi connectivity index (χ3n) is 8.06. The van der Waals surface area contributed by atoms with E-state index in [1.54, 1.807) is 12.1 Å². The Morgan fingerprint density at radius 1 is 0.917 bits per heavy atom. The van der Waals surface area contributed by atoms with Crippen molar-refractivity contribution in [2.75, 3.05) is 11.4 Å². The molecule has 0 amide bonds. The Labute approximate surface area is 214 Å². The van der Waals surface area contributed by atoms with Crippen molar-refractivity contribution in [3.63, 3.8) is 0 Å². The Balaban J connectivity index is 1.82. The molecule has 0 saturated carbocycles. The average Bonchev–Trinajstić information content (AvgIpc) is 2.99. The molecule has 0 bridgehead atoms. The summed E-state index contributed by atoms with van der Waals surface area (Å²) < 4.78 is 0. The number of aromatic carboxylic acids is 1. The lowest BCUT2D eigenvalue weighted by Gasteiger charge is -2.43. The average molecular weight is 481 g/mol. The van der Waals surface area contributed by atoms with Gasteiger partial charge in [0.2, 0.25) is 0 Å². The minimum Gasteiger partial charge on any atom is -0.478 e. The van der Waals surface area contributed by atoms with Crippen LogP contribution >= 0.6 is 0 Å².